The smallest absolute Gasteiger partial charge is 0.131 e. The van der Waals surface area contributed by atoms with Crippen molar-refractivity contribution in [1.82, 2.24) is 0 Å². The Kier molecular flexibility index (Phi) is 26.4. The molecule has 6 nitrogen and oxygen atoms in total. The zero-order valence-corrected chi connectivity index (χ0v) is 32.8. The molecular formula is C41H82N2O4+2. The first-order chi connectivity index (χ1) is 22.5. The van der Waals surface area contributed by atoms with Gasteiger partial charge in [0, 0.05) is 0 Å². The summed E-state index contributed by atoms with van der Waals surface area (Å²) < 4.78 is 1.81. The standard InChI is InChI=1S/C41H82N2O4/c1-9-10-11-23-28-40-38(2)30-31-39(27-22-18-15-17-21-26-35-45-47-37-33-43(6,7)8)41(40)29-24-19-14-12-13-16-20-25-34-44-46-36-32-42(3,4)5/h24,29-31,38-41H,9-23,25-28,32-37H2,1-8H3/q+2/b29-24-/t38?,39-,40?,41?/m1/s1. The molecule has 0 heterocycles. The molecule has 0 fully saturated rings. The molecule has 1 aliphatic carbocycles. The predicted molar refractivity (Wildman–Crippen MR) is 201 cm³/mol. The van der Waals surface area contributed by atoms with E-state index in [1.165, 1.54) is 109 Å². The Morgan fingerprint density at radius 1 is 0.532 bits per heavy atom. The van der Waals surface area contributed by atoms with Gasteiger partial charge in [-0.15, -0.1) is 0 Å². The highest BCUT2D eigenvalue weighted by Crippen LogP contribution is 2.40. The van der Waals surface area contributed by atoms with E-state index < -0.39 is 0 Å². The van der Waals surface area contributed by atoms with Gasteiger partial charge in [0.05, 0.1) is 55.5 Å². The van der Waals surface area contributed by atoms with Crippen LogP contribution in [0.3, 0.4) is 0 Å². The number of nitrogens with zero attached hydrogens (tertiary/aromatic N) is 2. The van der Waals surface area contributed by atoms with Crippen molar-refractivity contribution in [3.05, 3.63) is 24.3 Å². The molecule has 278 valence electrons. The molecule has 6 heteroatoms. The lowest BCUT2D eigenvalue weighted by atomic mass is 9.67. The Labute approximate surface area is 293 Å². The molecule has 47 heavy (non-hydrogen) atoms. The first kappa shape index (κ1) is 44.3. The van der Waals surface area contributed by atoms with Crippen LogP contribution in [-0.2, 0) is 19.6 Å². The molecule has 0 aliphatic heterocycles. The topological polar surface area (TPSA) is 36.9 Å². The van der Waals surface area contributed by atoms with Crippen LogP contribution in [0.25, 0.3) is 0 Å². The molecule has 0 amide bonds. The van der Waals surface area contributed by atoms with Crippen molar-refractivity contribution in [3.63, 3.8) is 0 Å². The highest BCUT2D eigenvalue weighted by molar-refractivity contribution is 5.09. The maximum Gasteiger partial charge on any atom is 0.131 e. The Balaban J connectivity index is 2.30. The third-order valence-corrected chi connectivity index (χ3v) is 9.80. The molecule has 3 unspecified atom stereocenters. The number of quaternary nitrogens is 2. The summed E-state index contributed by atoms with van der Waals surface area (Å²) in [4.78, 5) is 21.4. The highest BCUT2D eigenvalue weighted by Gasteiger charge is 2.31. The summed E-state index contributed by atoms with van der Waals surface area (Å²) in [5.74, 6) is 2.94. The second-order valence-electron chi connectivity index (χ2n) is 16.6. The molecular weight excluding hydrogens is 584 g/mol. The van der Waals surface area contributed by atoms with Crippen LogP contribution < -0.4 is 0 Å². The highest BCUT2D eigenvalue weighted by atomic mass is 17.2. The fourth-order valence-electron chi connectivity index (χ4n) is 6.58. The quantitative estimate of drug-likeness (QED) is 0.0235. The summed E-state index contributed by atoms with van der Waals surface area (Å²) in [6.45, 7) is 9.51. The van der Waals surface area contributed by atoms with E-state index in [0.717, 1.165) is 65.9 Å². The van der Waals surface area contributed by atoms with Gasteiger partial charge in [0.1, 0.15) is 26.3 Å². The molecule has 0 saturated heterocycles. The normalized spacial score (nSPS) is 20.5. The van der Waals surface area contributed by atoms with E-state index in [9.17, 15) is 0 Å². The van der Waals surface area contributed by atoms with Gasteiger partial charge in [-0.2, -0.15) is 0 Å². The number of likely N-dealkylation sites (N-methyl/N-ethyl adjacent to an activating group) is 2. The van der Waals surface area contributed by atoms with E-state index in [1.54, 1.807) is 0 Å². The Hall–Kier alpha value is -0.760. The Bertz CT molecular complexity index is 758. The zero-order valence-electron chi connectivity index (χ0n) is 32.8. The van der Waals surface area contributed by atoms with Crippen molar-refractivity contribution in [1.29, 1.82) is 0 Å². The first-order valence-electron chi connectivity index (χ1n) is 20.0. The lowest BCUT2D eigenvalue weighted by molar-refractivity contribution is -0.871. The SMILES string of the molecule is CCCCCCC1C(C)C=C[C@@H](CCCCCCCCOOCC[N+](C)(C)C)C1/C=C\CCCCCCCCOOCC[N+](C)(C)C. The van der Waals surface area contributed by atoms with Crippen molar-refractivity contribution in [2.45, 2.75) is 136 Å². The maximum absolute atomic E-state index is 5.37. The van der Waals surface area contributed by atoms with Gasteiger partial charge in [-0.1, -0.05) is 122 Å². The summed E-state index contributed by atoms with van der Waals surface area (Å²) in [7, 11) is 13.0. The molecule has 0 aromatic heterocycles. The molecule has 0 bridgehead atoms. The molecule has 0 N–H and O–H groups in total. The summed E-state index contributed by atoms with van der Waals surface area (Å²) >= 11 is 0. The maximum atomic E-state index is 5.37. The fraction of sp³-hybridized carbons (Fsp3) is 0.902. The third kappa shape index (κ3) is 26.7. The van der Waals surface area contributed by atoms with Gasteiger partial charge >= 0.3 is 0 Å². The number of unbranched alkanes of at least 4 members (excludes halogenated alkanes) is 14. The fourth-order valence-corrected chi connectivity index (χ4v) is 6.58. The van der Waals surface area contributed by atoms with Gasteiger partial charge in [0.2, 0.25) is 0 Å². The molecule has 1 rings (SSSR count). The van der Waals surface area contributed by atoms with E-state index >= 15 is 0 Å². The number of hydrogen-bond donors (Lipinski definition) is 0. The average Bonchev–Trinajstić information content (AvgIpc) is 3.00. The van der Waals surface area contributed by atoms with Gasteiger partial charge in [0.25, 0.3) is 0 Å². The van der Waals surface area contributed by atoms with Crippen LogP contribution in [0.1, 0.15) is 136 Å². The molecule has 0 radical (unpaired) electrons. The van der Waals surface area contributed by atoms with Gasteiger partial charge in [0.15, 0.2) is 0 Å². The van der Waals surface area contributed by atoms with Crippen LogP contribution in [-0.4, -0.2) is 90.8 Å². The summed E-state index contributed by atoms with van der Waals surface area (Å²) in [6.07, 6.45) is 35.2. The minimum Gasteiger partial charge on any atom is -0.329 e. The van der Waals surface area contributed by atoms with Crippen LogP contribution in [0.2, 0.25) is 0 Å². The minimum atomic E-state index is 0.666. The van der Waals surface area contributed by atoms with Crippen LogP contribution in [0, 0.1) is 23.7 Å². The summed E-state index contributed by atoms with van der Waals surface area (Å²) in [5.41, 5.74) is 0. The monoisotopic (exact) mass is 667 g/mol. The van der Waals surface area contributed by atoms with E-state index in [-0.39, 0.29) is 0 Å². The largest absolute Gasteiger partial charge is 0.329 e. The van der Waals surface area contributed by atoms with E-state index in [2.05, 4.69) is 80.4 Å². The predicted octanol–water partition coefficient (Wildman–Crippen LogP) is 10.3. The molecule has 0 aromatic carbocycles. The van der Waals surface area contributed by atoms with Gasteiger partial charge in [-0.05, 0) is 62.2 Å². The van der Waals surface area contributed by atoms with Crippen LogP contribution in [0.15, 0.2) is 24.3 Å². The average molecular weight is 667 g/mol. The molecule has 0 spiro atoms. The van der Waals surface area contributed by atoms with Crippen molar-refractivity contribution in [3.8, 4) is 0 Å². The van der Waals surface area contributed by atoms with Crippen molar-refractivity contribution < 1.29 is 28.5 Å². The van der Waals surface area contributed by atoms with E-state index in [4.69, 9.17) is 19.6 Å². The van der Waals surface area contributed by atoms with Crippen LogP contribution in [0.4, 0.5) is 0 Å². The molecule has 1 aliphatic rings. The van der Waals surface area contributed by atoms with E-state index in [0.29, 0.717) is 19.1 Å². The van der Waals surface area contributed by atoms with Crippen molar-refractivity contribution >= 4 is 0 Å². The van der Waals surface area contributed by atoms with Crippen LogP contribution in [0.5, 0.6) is 0 Å². The van der Waals surface area contributed by atoms with Crippen molar-refractivity contribution in [2.24, 2.45) is 23.7 Å². The van der Waals surface area contributed by atoms with Gasteiger partial charge in [-0.25, -0.2) is 19.6 Å². The van der Waals surface area contributed by atoms with E-state index in [1.807, 2.05) is 0 Å². The summed E-state index contributed by atoms with van der Waals surface area (Å²) in [5, 5.41) is 0. The first-order valence-corrected chi connectivity index (χ1v) is 20.0. The number of rotatable bonds is 32. The number of allylic oxidation sites excluding steroid dienone is 4. The molecule has 0 saturated carbocycles. The Morgan fingerprint density at radius 2 is 1.00 bits per heavy atom. The second kappa shape index (κ2) is 28.0. The van der Waals surface area contributed by atoms with Gasteiger partial charge < -0.3 is 8.97 Å². The van der Waals surface area contributed by atoms with Crippen LogP contribution >= 0.6 is 0 Å². The number of hydrogen-bond acceptors (Lipinski definition) is 4. The Morgan fingerprint density at radius 3 is 1.55 bits per heavy atom. The molecule has 0 aromatic rings. The lowest BCUT2D eigenvalue weighted by Gasteiger charge is -2.37. The minimum absolute atomic E-state index is 0.666. The summed E-state index contributed by atoms with van der Waals surface area (Å²) in [6, 6.07) is 0. The lowest BCUT2D eigenvalue weighted by Crippen LogP contribution is -2.37. The molecule has 4 atom stereocenters. The van der Waals surface area contributed by atoms with Crippen molar-refractivity contribution in [2.75, 3.05) is 81.8 Å². The van der Waals surface area contributed by atoms with Gasteiger partial charge in [-0.3, -0.25) is 0 Å². The third-order valence-electron chi connectivity index (χ3n) is 9.80. The zero-order chi connectivity index (χ0) is 34.6. The second-order valence-corrected chi connectivity index (χ2v) is 16.6.